The molecule has 26 heavy (non-hydrogen) atoms. The fourth-order valence-electron chi connectivity index (χ4n) is 4.05. The van der Waals surface area contributed by atoms with Crippen LogP contribution < -0.4 is 10.6 Å². The van der Waals surface area contributed by atoms with Crippen LogP contribution in [0, 0.1) is 11.3 Å². The average Bonchev–Trinajstić information content (AvgIpc) is 2.62. The highest BCUT2D eigenvalue weighted by atomic mass is 16.5. The Morgan fingerprint density at radius 3 is 2.65 bits per heavy atom. The molecular weight excluding hydrogens is 330 g/mol. The Hall–Kier alpha value is -1.91. The number of aliphatic hydroxyl groups is 1. The first-order valence-electron chi connectivity index (χ1n) is 9.54. The van der Waals surface area contributed by atoms with Crippen LogP contribution in [-0.2, 0) is 4.74 Å². The predicted octanol–water partition coefficient (Wildman–Crippen LogP) is 2.82. The van der Waals surface area contributed by atoms with Gasteiger partial charge in [-0.25, -0.2) is 4.98 Å². The summed E-state index contributed by atoms with van der Waals surface area (Å²) in [5, 5.41) is 26.4. The van der Waals surface area contributed by atoms with Gasteiger partial charge in [-0.3, -0.25) is 0 Å². The first-order chi connectivity index (χ1) is 12.5. The number of hydrogen-bond donors (Lipinski definition) is 3. The number of aromatic nitrogens is 2. The summed E-state index contributed by atoms with van der Waals surface area (Å²) in [7, 11) is 1.77. The van der Waals surface area contributed by atoms with E-state index in [2.05, 4.69) is 26.7 Å². The zero-order valence-corrected chi connectivity index (χ0v) is 15.7. The quantitative estimate of drug-likeness (QED) is 0.743. The Kier molecular flexibility index (Phi) is 5.94. The van der Waals surface area contributed by atoms with Crippen LogP contribution in [0.3, 0.4) is 0 Å². The Balaban J connectivity index is 1.66. The van der Waals surface area contributed by atoms with E-state index < -0.39 is 5.60 Å². The summed E-state index contributed by atoms with van der Waals surface area (Å²) in [5.41, 5.74) is -0.222. The molecule has 3 N–H and O–H groups in total. The van der Waals surface area contributed by atoms with Crippen LogP contribution in [0.1, 0.15) is 63.9 Å². The van der Waals surface area contributed by atoms with Gasteiger partial charge in [0, 0.05) is 19.2 Å². The maximum atomic E-state index is 10.3. The van der Waals surface area contributed by atoms with E-state index in [1.54, 1.807) is 13.3 Å². The SMILES string of the molecule is CO[C@H]1CC[C@H](Nc2ncc(C#N)c(NC3CCC[C@](C)(O)C3)n2)CC1. The van der Waals surface area contributed by atoms with E-state index in [1.165, 1.54) is 0 Å². The molecule has 7 nitrogen and oxygen atoms in total. The first kappa shape index (κ1) is 18.9. The smallest absolute Gasteiger partial charge is 0.224 e. The van der Waals surface area contributed by atoms with Crippen molar-refractivity contribution in [3.05, 3.63) is 11.8 Å². The minimum absolute atomic E-state index is 0.116. The van der Waals surface area contributed by atoms with Gasteiger partial charge >= 0.3 is 0 Å². The minimum atomic E-state index is -0.656. The van der Waals surface area contributed by atoms with Gasteiger partial charge in [0.25, 0.3) is 0 Å². The molecule has 1 heterocycles. The maximum absolute atomic E-state index is 10.3. The summed E-state index contributed by atoms with van der Waals surface area (Å²) >= 11 is 0. The number of rotatable bonds is 5. The molecule has 2 atom stereocenters. The molecule has 2 aliphatic carbocycles. The lowest BCUT2D eigenvalue weighted by molar-refractivity contribution is 0.0182. The van der Waals surface area contributed by atoms with Crippen molar-refractivity contribution in [2.24, 2.45) is 0 Å². The second-order valence-electron chi connectivity index (χ2n) is 7.86. The van der Waals surface area contributed by atoms with E-state index in [1.807, 2.05) is 6.92 Å². The molecule has 1 aromatic rings. The van der Waals surface area contributed by atoms with Gasteiger partial charge in [-0.1, -0.05) is 0 Å². The highest BCUT2D eigenvalue weighted by Crippen LogP contribution is 2.30. The Labute approximate surface area is 155 Å². The second kappa shape index (κ2) is 8.19. The van der Waals surface area contributed by atoms with E-state index in [0.717, 1.165) is 44.9 Å². The molecule has 0 saturated heterocycles. The van der Waals surface area contributed by atoms with Crippen LogP contribution in [-0.4, -0.2) is 46.0 Å². The molecular formula is C19H29N5O2. The summed E-state index contributed by atoms with van der Waals surface area (Å²) in [5.74, 6) is 1.10. The van der Waals surface area contributed by atoms with Crippen molar-refractivity contribution < 1.29 is 9.84 Å². The van der Waals surface area contributed by atoms with Crippen LogP contribution in [0.2, 0.25) is 0 Å². The van der Waals surface area contributed by atoms with Gasteiger partial charge in [0.15, 0.2) is 0 Å². The Morgan fingerprint density at radius 1 is 1.23 bits per heavy atom. The summed E-state index contributed by atoms with van der Waals surface area (Å²) in [6.07, 6.45) is 9.44. The van der Waals surface area contributed by atoms with Crippen molar-refractivity contribution in [1.29, 1.82) is 5.26 Å². The largest absolute Gasteiger partial charge is 0.390 e. The lowest BCUT2D eigenvalue weighted by Crippen LogP contribution is -2.38. The predicted molar refractivity (Wildman–Crippen MR) is 99.9 cm³/mol. The molecule has 1 aromatic heterocycles. The van der Waals surface area contributed by atoms with Gasteiger partial charge in [0.2, 0.25) is 5.95 Å². The molecule has 2 saturated carbocycles. The Morgan fingerprint density at radius 2 is 2.00 bits per heavy atom. The molecule has 0 bridgehead atoms. The van der Waals surface area contributed by atoms with Crippen molar-refractivity contribution in [3.8, 4) is 6.07 Å². The highest BCUT2D eigenvalue weighted by Gasteiger charge is 2.30. The van der Waals surface area contributed by atoms with Crippen molar-refractivity contribution in [3.63, 3.8) is 0 Å². The molecule has 0 aliphatic heterocycles. The van der Waals surface area contributed by atoms with Gasteiger partial charge in [-0.2, -0.15) is 10.2 Å². The molecule has 3 rings (SSSR count). The van der Waals surface area contributed by atoms with Crippen LogP contribution >= 0.6 is 0 Å². The normalized spacial score (nSPS) is 31.8. The second-order valence-corrected chi connectivity index (χ2v) is 7.86. The average molecular weight is 359 g/mol. The van der Waals surface area contributed by atoms with E-state index in [-0.39, 0.29) is 6.04 Å². The molecule has 0 aromatic carbocycles. The summed E-state index contributed by atoms with van der Waals surface area (Å²) in [4.78, 5) is 8.85. The summed E-state index contributed by atoms with van der Waals surface area (Å²) in [6, 6.07) is 2.60. The third-order valence-electron chi connectivity index (χ3n) is 5.54. The fourth-order valence-corrected chi connectivity index (χ4v) is 4.05. The maximum Gasteiger partial charge on any atom is 0.224 e. The van der Waals surface area contributed by atoms with Gasteiger partial charge in [-0.05, 0) is 58.3 Å². The number of ether oxygens (including phenoxy) is 1. The molecule has 142 valence electrons. The molecule has 0 spiro atoms. The number of methoxy groups -OCH3 is 1. The Bertz CT molecular complexity index is 650. The molecule has 1 unspecified atom stereocenters. The monoisotopic (exact) mass is 359 g/mol. The van der Waals surface area contributed by atoms with E-state index >= 15 is 0 Å². The number of nitriles is 1. The number of nitrogens with zero attached hydrogens (tertiary/aromatic N) is 3. The van der Waals surface area contributed by atoms with Crippen molar-refractivity contribution in [2.75, 3.05) is 17.7 Å². The van der Waals surface area contributed by atoms with Gasteiger partial charge in [0.05, 0.1) is 17.9 Å². The number of anilines is 2. The molecule has 0 amide bonds. The summed E-state index contributed by atoms with van der Waals surface area (Å²) in [6.45, 7) is 1.87. The molecule has 2 fully saturated rings. The van der Waals surface area contributed by atoms with E-state index in [9.17, 15) is 10.4 Å². The van der Waals surface area contributed by atoms with E-state index in [0.29, 0.717) is 35.9 Å². The van der Waals surface area contributed by atoms with Gasteiger partial charge in [-0.15, -0.1) is 0 Å². The van der Waals surface area contributed by atoms with E-state index in [4.69, 9.17) is 4.74 Å². The molecule has 7 heteroatoms. The lowest BCUT2D eigenvalue weighted by atomic mass is 9.83. The number of nitrogens with one attached hydrogen (secondary N) is 2. The van der Waals surface area contributed by atoms with Gasteiger partial charge in [0.1, 0.15) is 17.5 Å². The van der Waals surface area contributed by atoms with Crippen LogP contribution in [0.4, 0.5) is 11.8 Å². The van der Waals surface area contributed by atoms with Gasteiger partial charge < -0.3 is 20.5 Å². The standard InChI is InChI=1S/C19H29N5O2/c1-19(25)9-3-4-15(10-19)22-17-13(11-20)12-21-18(24-17)23-14-5-7-16(26-2)8-6-14/h12,14-16,25H,3-10H2,1-2H3,(H2,21,22,23,24)/t14-,15?,16-,19-/m0/s1. The fraction of sp³-hybridized carbons (Fsp3) is 0.737. The number of hydrogen-bond acceptors (Lipinski definition) is 7. The van der Waals surface area contributed by atoms with Crippen molar-refractivity contribution >= 4 is 11.8 Å². The third kappa shape index (κ3) is 4.83. The minimum Gasteiger partial charge on any atom is -0.390 e. The van der Waals surface area contributed by atoms with Crippen LogP contribution in [0.25, 0.3) is 0 Å². The summed E-state index contributed by atoms with van der Waals surface area (Å²) < 4.78 is 5.41. The highest BCUT2D eigenvalue weighted by molar-refractivity contribution is 5.54. The van der Waals surface area contributed by atoms with Crippen LogP contribution in [0.15, 0.2) is 6.20 Å². The molecule has 2 aliphatic rings. The van der Waals surface area contributed by atoms with Crippen molar-refractivity contribution in [2.45, 2.75) is 82.1 Å². The zero-order valence-electron chi connectivity index (χ0n) is 15.7. The molecule has 0 radical (unpaired) electrons. The van der Waals surface area contributed by atoms with Crippen molar-refractivity contribution in [1.82, 2.24) is 9.97 Å². The van der Waals surface area contributed by atoms with Crippen LogP contribution in [0.5, 0.6) is 0 Å². The zero-order chi connectivity index (χ0) is 18.6. The third-order valence-corrected chi connectivity index (χ3v) is 5.54. The topological polar surface area (TPSA) is 103 Å². The first-order valence-corrected chi connectivity index (χ1v) is 9.54. The lowest BCUT2D eigenvalue weighted by Gasteiger charge is -2.34.